The summed E-state index contributed by atoms with van der Waals surface area (Å²) >= 11 is 8.10. The van der Waals surface area contributed by atoms with Crippen LogP contribution in [0.1, 0.15) is 26.7 Å². The van der Waals surface area contributed by atoms with E-state index in [4.69, 9.17) is 16.3 Å². The van der Waals surface area contributed by atoms with E-state index in [1.165, 1.54) is 0 Å². The molecule has 14 heteroatoms. The van der Waals surface area contributed by atoms with Crippen LogP contribution in [0.5, 0.6) is 0 Å². The largest absolute Gasteiger partial charge is 0.380 e. The fourth-order valence-corrected chi connectivity index (χ4v) is 8.75. The second-order valence-corrected chi connectivity index (χ2v) is 13.6. The van der Waals surface area contributed by atoms with Crippen molar-refractivity contribution in [3.8, 4) is 0 Å². The topological polar surface area (TPSA) is 119 Å². The molecule has 222 valence electrons. The number of hydrogen-bond acceptors (Lipinski definition) is 9. The normalized spacial score (nSPS) is 44.8. The number of piperidine rings is 2. The highest BCUT2D eigenvalue weighted by Gasteiger charge is 2.48. The van der Waals surface area contributed by atoms with Crippen molar-refractivity contribution in [3.63, 3.8) is 0 Å². The molecule has 0 aliphatic carbocycles. The van der Waals surface area contributed by atoms with Crippen LogP contribution in [0.4, 0.5) is 8.78 Å². The predicted molar refractivity (Wildman–Crippen MR) is 147 cm³/mol. The van der Waals surface area contributed by atoms with Gasteiger partial charge in [-0.15, -0.1) is 23.4 Å². The molecule has 5 saturated heterocycles. The van der Waals surface area contributed by atoms with Crippen molar-refractivity contribution in [2.75, 3.05) is 39.8 Å². The summed E-state index contributed by atoms with van der Waals surface area (Å²) in [5.41, 5.74) is -0.348. The highest BCUT2D eigenvalue weighted by atomic mass is 35.5. The molecule has 0 aromatic heterocycles. The van der Waals surface area contributed by atoms with Gasteiger partial charge in [0.1, 0.15) is 5.50 Å². The molecule has 12 atom stereocenters. The molecular formula is C25H42ClF2N7O3S. The Labute approximate surface area is 238 Å². The Morgan fingerprint density at radius 3 is 2.54 bits per heavy atom. The summed E-state index contributed by atoms with van der Waals surface area (Å²) in [5.74, 6) is 0.130. The monoisotopic (exact) mass is 593 g/mol. The van der Waals surface area contributed by atoms with Crippen molar-refractivity contribution in [3.05, 3.63) is 0 Å². The van der Waals surface area contributed by atoms with E-state index >= 15 is 0 Å². The van der Waals surface area contributed by atoms with E-state index in [9.17, 15) is 18.4 Å². The minimum atomic E-state index is -2.48. The molecule has 5 heterocycles. The Balaban J connectivity index is 1.14. The fraction of sp³-hybridized carbons (Fsp3) is 0.920. The van der Waals surface area contributed by atoms with Crippen LogP contribution in [-0.2, 0) is 14.3 Å². The Morgan fingerprint density at radius 2 is 1.85 bits per heavy atom. The van der Waals surface area contributed by atoms with E-state index in [0.717, 1.165) is 12.8 Å². The standard InChI is InChI=1S/C25H42ClF2N7O3S/c1-11-4-13(14-5-20(26)30-8-18(14)38-3)15(6-29-11)23(36)34-25-33-17-9-35(10-19(17)39-25)24(37)16-7-31-21(22(27)28)12(2)32-16/h11-22,25,29-33H,4-10H2,1-3H3,(H,34,36). The highest BCUT2D eigenvalue weighted by molar-refractivity contribution is 8.00. The smallest absolute Gasteiger partial charge is 0.255 e. The maximum absolute atomic E-state index is 13.6. The van der Waals surface area contributed by atoms with Crippen molar-refractivity contribution >= 4 is 35.2 Å². The van der Waals surface area contributed by atoms with Crippen LogP contribution in [0.25, 0.3) is 0 Å². The maximum atomic E-state index is 13.6. The first kappa shape index (κ1) is 29.7. The second kappa shape index (κ2) is 12.6. The van der Waals surface area contributed by atoms with Gasteiger partial charge in [0.25, 0.3) is 6.43 Å². The zero-order chi connectivity index (χ0) is 27.8. The number of likely N-dealkylation sites (tertiary alicyclic amines) is 1. The molecule has 5 fully saturated rings. The number of rotatable bonds is 6. The average Bonchev–Trinajstić information content (AvgIpc) is 3.46. The van der Waals surface area contributed by atoms with Crippen LogP contribution >= 0.6 is 23.4 Å². The van der Waals surface area contributed by atoms with Gasteiger partial charge in [-0.25, -0.2) is 8.78 Å². The summed E-state index contributed by atoms with van der Waals surface area (Å²) in [7, 11) is 1.72. The lowest BCUT2D eigenvalue weighted by molar-refractivity contribution is -0.134. The van der Waals surface area contributed by atoms with Gasteiger partial charge in [0.05, 0.1) is 29.6 Å². The van der Waals surface area contributed by atoms with Gasteiger partial charge in [-0.05, 0) is 38.5 Å². The van der Waals surface area contributed by atoms with E-state index in [0.29, 0.717) is 32.2 Å². The molecule has 5 rings (SSSR count). The minimum absolute atomic E-state index is 0.0190. The van der Waals surface area contributed by atoms with Gasteiger partial charge < -0.3 is 30.9 Å². The molecule has 0 radical (unpaired) electrons. The van der Waals surface area contributed by atoms with Crippen LogP contribution < -0.4 is 31.9 Å². The van der Waals surface area contributed by atoms with Crippen molar-refractivity contribution in [2.24, 2.45) is 17.8 Å². The van der Waals surface area contributed by atoms with Crippen molar-refractivity contribution in [2.45, 2.75) is 85.7 Å². The van der Waals surface area contributed by atoms with E-state index in [2.05, 4.69) is 38.8 Å². The molecular weight excluding hydrogens is 552 g/mol. The molecule has 0 spiro atoms. The average molecular weight is 594 g/mol. The SMILES string of the molecule is COC1CNC(Cl)CC1C1CC(C)NCC1C(=O)NC1NC2CN(C(=O)C3CNC(C(F)F)C(C)N3)CC2S1. The number of hydrogen-bond donors (Lipinski definition) is 6. The molecule has 10 nitrogen and oxygen atoms in total. The number of carbonyl (C=O) groups excluding carboxylic acids is 2. The van der Waals surface area contributed by atoms with E-state index in [1.54, 1.807) is 30.7 Å². The van der Waals surface area contributed by atoms with Crippen LogP contribution in [0, 0.1) is 17.8 Å². The number of ether oxygens (including phenoxy) is 1. The summed E-state index contributed by atoms with van der Waals surface area (Å²) < 4.78 is 32.0. The second-order valence-electron chi connectivity index (χ2n) is 11.7. The first-order valence-electron chi connectivity index (χ1n) is 14.1. The van der Waals surface area contributed by atoms with Gasteiger partial charge in [-0.3, -0.25) is 20.2 Å². The molecule has 12 unspecified atom stereocenters. The lowest BCUT2D eigenvalue weighted by Gasteiger charge is -2.45. The van der Waals surface area contributed by atoms with Gasteiger partial charge in [0, 0.05) is 63.2 Å². The lowest BCUT2D eigenvalue weighted by Crippen LogP contribution is -2.66. The summed E-state index contributed by atoms with van der Waals surface area (Å²) in [6, 6.07) is -1.59. The molecule has 5 aliphatic rings. The molecule has 39 heavy (non-hydrogen) atoms. The highest BCUT2D eigenvalue weighted by Crippen LogP contribution is 2.38. The molecule has 5 aliphatic heterocycles. The molecule has 6 N–H and O–H groups in total. The number of amides is 2. The number of halogens is 3. The van der Waals surface area contributed by atoms with Gasteiger partial charge in [0.15, 0.2) is 0 Å². The number of piperazine rings is 1. The maximum Gasteiger partial charge on any atom is 0.255 e. The number of nitrogens with zero attached hydrogens (tertiary/aromatic N) is 1. The van der Waals surface area contributed by atoms with Crippen LogP contribution in [-0.4, -0.2) is 116 Å². The zero-order valence-corrected chi connectivity index (χ0v) is 24.2. The van der Waals surface area contributed by atoms with Gasteiger partial charge in [-0.2, -0.15) is 0 Å². The molecule has 0 saturated carbocycles. The summed E-state index contributed by atoms with van der Waals surface area (Å²) in [4.78, 5) is 28.5. The third-order valence-corrected chi connectivity index (χ3v) is 10.9. The first-order valence-corrected chi connectivity index (χ1v) is 15.4. The Bertz CT molecular complexity index is 883. The quantitative estimate of drug-likeness (QED) is 0.182. The first-order chi connectivity index (χ1) is 18.6. The van der Waals surface area contributed by atoms with E-state index in [-0.39, 0.29) is 64.5 Å². The lowest BCUT2D eigenvalue weighted by atomic mass is 9.70. The van der Waals surface area contributed by atoms with Gasteiger partial charge in [0.2, 0.25) is 11.8 Å². The van der Waals surface area contributed by atoms with Crippen LogP contribution in [0.15, 0.2) is 0 Å². The molecule has 0 aromatic carbocycles. The third-order valence-electron chi connectivity index (χ3n) is 9.17. The molecule has 0 bridgehead atoms. The number of alkyl halides is 3. The third kappa shape index (κ3) is 6.50. The van der Waals surface area contributed by atoms with E-state index in [1.807, 2.05) is 0 Å². The molecule has 0 aromatic rings. The number of thioether (sulfide) groups is 1. The van der Waals surface area contributed by atoms with Crippen LogP contribution in [0.3, 0.4) is 0 Å². The van der Waals surface area contributed by atoms with Crippen molar-refractivity contribution in [1.29, 1.82) is 0 Å². The number of nitrogens with one attached hydrogen (secondary N) is 6. The Hall–Kier alpha value is -0.800. The van der Waals surface area contributed by atoms with Crippen molar-refractivity contribution < 1.29 is 23.1 Å². The number of fused-ring (bicyclic) bond motifs is 1. The minimum Gasteiger partial charge on any atom is -0.380 e. The predicted octanol–water partition coefficient (Wildman–Crippen LogP) is -0.311. The summed E-state index contributed by atoms with van der Waals surface area (Å²) in [6.07, 6.45) is -0.812. The van der Waals surface area contributed by atoms with Gasteiger partial charge >= 0.3 is 0 Å². The Morgan fingerprint density at radius 1 is 1.05 bits per heavy atom. The number of methoxy groups -OCH3 is 1. The zero-order valence-electron chi connectivity index (χ0n) is 22.7. The molecule has 2 amide bonds. The summed E-state index contributed by atoms with van der Waals surface area (Å²) in [5, 5.41) is 19.5. The van der Waals surface area contributed by atoms with Crippen LogP contribution in [0.2, 0.25) is 0 Å². The summed E-state index contributed by atoms with van der Waals surface area (Å²) in [6.45, 7) is 6.40. The van der Waals surface area contributed by atoms with Crippen molar-refractivity contribution in [1.82, 2.24) is 36.8 Å². The fourth-order valence-electron chi connectivity index (χ4n) is 7.04. The van der Waals surface area contributed by atoms with Gasteiger partial charge in [-0.1, -0.05) is 0 Å². The number of carbonyl (C=O) groups is 2. The Kier molecular flexibility index (Phi) is 9.59. The van der Waals surface area contributed by atoms with E-state index < -0.39 is 24.6 Å².